The van der Waals surface area contributed by atoms with Crippen molar-refractivity contribution >= 4 is 5.91 Å². The molecule has 104 valence electrons. The van der Waals surface area contributed by atoms with Gasteiger partial charge in [0.1, 0.15) is 0 Å². The van der Waals surface area contributed by atoms with Crippen LogP contribution in [-0.4, -0.2) is 62.0 Å². The average Bonchev–Trinajstić information content (AvgIpc) is 2.39. The number of carbonyl (C=O) groups excluding carboxylic acids is 1. The molecule has 2 heterocycles. The van der Waals surface area contributed by atoms with Crippen LogP contribution in [0, 0.1) is 5.41 Å². The summed E-state index contributed by atoms with van der Waals surface area (Å²) in [6.07, 6.45) is 4.36. The number of nitrogens with one attached hydrogen (secondary N) is 1. The third kappa shape index (κ3) is 2.86. The van der Waals surface area contributed by atoms with E-state index in [1.807, 2.05) is 11.9 Å². The Kier molecular flexibility index (Phi) is 4.28. The van der Waals surface area contributed by atoms with Gasteiger partial charge in [-0.1, -0.05) is 0 Å². The molecular formula is C14H27N3O. The highest BCUT2D eigenvalue weighted by atomic mass is 16.2. The zero-order chi connectivity index (χ0) is 13.2. The van der Waals surface area contributed by atoms with E-state index in [0.717, 1.165) is 51.9 Å². The van der Waals surface area contributed by atoms with Crippen molar-refractivity contribution < 1.29 is 4.79 Å². The molecule has 4 heteroatoms. The minimum atomic E-state index is -0.184. The van der Waals surface area contributed by atoms with Gasteiger partial charge in [-0.15, -0.1) is 0 Å². The van der Waals surface area contributed by atoms with Crippen molar-refractivity contribution in [1.82, 2.24) is 15.1 Å². The Morgan fingerprint density at radius 1 is 1.39 bits per heavy atom. The molecule has 1 amide bonds. The van der Waals surface area contributed by atoms with Crippen molar-refractivity contribution in [1.29, 1.82) is 0 Å². The Balaban J connectivity index is 1.95. The molecule has 0 aromatic heterocycles. The Bertz CT molecular complexity index is 291. The summed E-state index contributed by atoms with van der Waals surface area (Å²) in [5, 5.41) is 3.37. The largest absolute Gasteiger partial charge is 0.342 e. The molecular weight excluding hydrogens is 226 g/mol. The lowest BCUT2D eigenvalue weighted by atomic mass is 9.81. The molecule has 0 bridgehead atoms. The second kappa shape index (κ2) is 5.57. The molecule has 0 aromatic rings. The summed E-state index contributed by atoms with van der Waals surface area (Å²) in [5.74, 6) is 0.337. The van der Waals surface area contributed by atoms with E-state index in [2.05, 4.69) is 24.2 Å². The second-order valence-corrected chi connectivity index (χ2v) is 6.29. The van der Waals surface area contributed by atoms with E-state index in [-0.39, 0.29) is 5.41 Å². The zero-order valence-electron chi connectivity index (χ0n) is 12.0. The smallest absolute Gasteiger partial charge is 0.229 e. The fourth-order valence-corrected chi connectivity index (χ4v) is 3.21. The first-order chi connectivity index (χ1) is 8.53. The Morgan fingerprint density at radius 3 is 2.61 bits per heavy atom. The third-order valence-electron chi connectivity index (χ3n) is 4.67. The van der Waals surface area contributed by atoms with Crippen LogP contribution < -0.4 is 5.32 Å². The topological polar surface area (TPSA) is 35.6 Å². The van der Waals surface area contributed by atoms with Gasteiger partial charge in [-0.3, -0.25) is 4.79 Å². The van der Waals surface area contributed by atoms with Crippen molar-refractivity contribution in [3.05, 3.63) is 0 Å². The Morgan fingerprint density at radius 2 is 2.06 bits per heavy atom. The summed E-state index contributed by atoms with van der Waals surface area (Å²) in [6, 6.07) is 0.437. The molecule has 2 aliphatic rings. The number of amides is 1. The fraction of sp³-hybridized carbons (Fsp3) is 0.929. The Hall–Kier alpha value is -0.610. The fourth-order valence-electron chi connectivity index (χ4n) is 3.21. The number of piperidine rings is 2. The molecule has 18 heavy (non-hydrogen) atoms. The van der Waals surface area contributed by atoms with E-state index in [1.165, 1.54) is 0 Å². The van der Waals surface area contributed by atoms with Gasteiger partial charge < -0.3 is 15.1 Å². The van der Waals surface area contributed by atoms with Gasteiger partial charge in [-0.25, -0.2) is 0 Å². The monoisotopic (exact) mass is 253 g/mol. The second-order valence-electron chi connectivity index (χ2n) is 6.29. The van der Waals surface area contributed by atoms with Gasteiger partial charge in [-0.2, -0.15) is 0 Å². The molecule has 0 radical (unpaired) electrons. The van der Waals surface area contributed by atoms with Crippen LogP contribution in [0.3, 0.4) is 0 Å². The van der Waals surface area contributed by atoms with Gasteiger partial charge in [0.25, 0.3) is 0 Å². The molecule has 2 aliphatic heterocycles. The average molecular weight is 253 g/mol. The van der Waals surface area contributed by atoms with E-state index in [4.69, 9.17) is 0 Å². The number of hydrogen-bond donors (Lipinski definition) is 1. The maximum Gasteiger partial charge on any atom is 0.229 e. The van der Waals surface area contributed by atoms with Crippen LogP contribution in [0.1, 0.15) is 32.6 Å². The molecule has 0 saturated carbocycles. The maximum absolute atomic E-state index is 12.7. The molecule has 2 saturated heterocycles. The number of nitrogens with zero attached hydrogens (tertiary/aromatic N) is 2. The van der Waals surface area contributed by atoms with Crippen LogP contribution in [0.5, 0.6) is 0 Å². The summed E-state index contributed by atoms with van der Waals surface area (Å²) in [4.78, 5) is 17.0. The number of hydrogen-bond acceptors (Lipinski definition) is 3. The van der Waals surface area contributed by atoms with Gasteiger partial charge >= 0.3 is 0 Å². The third-order valence-corrected chi connectivity index (χ3v) is 4.67. The van der Waals surface area contributed by atoms with E-state index in [9.17, 15) is 4.79 Å². The minimum Gasteiger partial charge on any atom is -0.342 e. The number of carbonyl (C=O) groups is 1. The lowest BCUT2D eigenvalue weighted by Gasteiger charge is -2.41. The maximum atomic E-state index is 12.7. The van der Waals surface area contributed by atoms with Gasteiger partial charge in [0.2, 0.25) is 5.91 Å². The molecule has 4 nitrogen and oxygen atoms in total. The van der Waals surface area contributed by atoms with Gasteiger partial charge in [0, 0.05) is 19.6 Å². The molecule has 0 spiro atoms. The van der Waals surface area contributed by atoms with Crippen LogP contribution >= 0.6 is 0 Å². The quantitative estimate of drug-likeness (QED) is 0.795. The van der Waals surface area contributed by atoms with Crippen LogP contribution in [0.25, 0.3) is 0 Å². The van der Waals surface area contributed by atoms with Crippen molar-refractivity contribution in [2.24, 2.45) is 5.41 Å². The summed E-state index contributed by atoms with van der Waals surface area (Å²) in [6.45, 7) is 6.23. The SMILES string of the molecule is CN1CCC(N(C)C(=O)C2(C)CCCNC2)CC1. The normalized spacial score (nSPS) is 31.3. The highest BCUT2D eigenvalue weighted by Gasteiger charge is 2.38. The number of rotatable bonds is 2. The van der Waals surface area contributed by atoms with Crippen LogP contribution in [0.2, 0.25) is 0 Å². The van der Waals surface area contributed by atoms with Crippen molar-refractivity contribution in [3.63, 3.8) is 0 Å². The van der Waals surface area contributed by atoms with Crippen LogP contribution in [0.4, 0.5) is 0 Å². The molecule has 0 aromatic carbocycles. The van der Waals surface area contributed by atoms with E-state index in [1.54, 1.807) is 0 Å². The summed E-state index contributed by atoms with van der Waals surface area (Å²) in [5.41, 5.74) is -0.184. The summed E-state index contributed by atoms with van der Waals surface area (Å²) < 4.78 is 0. The first kappa shape index (κ1) is 13.8. The summed E-state index contributed by atoms with van der Waals surface area (Å²) in [7, 11) is 4.16. The van der Waals surface area contributed by atoms with Crippen molar-refractivity contribution in [2.45, 2.75) is 38.6 Å². The number of likely N-dealkylation sites (tertiary alicyclic amines) is 1. The van der Waals surface area contributed by atoms with Crippen LogP contribution in [-0.2, 0) is 4.79 Å². The van der Waals surface area contributed by atoms with Gasteiger partial charge in [-0.05, 0) is 59.3 Å². The van der Waals surface area contributed by atoms with Crippen LogP contribution in [0.15, 0.2) is 0 Å². The molecule has 1 unspecified atom stereocenters. The van der Waals surface area contributed by atoms with Crippen molar-refractivity contribution in [3.8, 4) is 0 Å². The highest BCUT2D eigenvalue weighted by Crippen LogP contribution is 2.29. The summed E-state index contributed by atoms with van der Waals surface area (Å²) >= 11 is 0. The molecule has 2 rings (SSSR count). The molecule has 2 fully saturated rings. The zero-order valence-corrected chi connectivity index (χ0v) is 12.0. The molecule has 1 N–H and O–H groups in total. The van der Waals surface area contributed by atoms with Crippen molar-refractivity contribution in [2.75, 3.05) is 40.3 Å². The first-order valence-corrected chi connectivity index (χ1v) is 7.19. The first-order valence-electron chi connectivity index (χ1n) is 7.19. The standard InChI is InChI=1S/C14H27N3O/c1-14(7-4-8-15-11-14)13(18)17(3)12-5-9-16(2)10-6-12/h12,15H,4-11H2,1-3H3. The van der Waals surface area contributed by atoms with E-state index in [0.29, 0.717) is 11.9 Å². The van der Waals surface area contributed by atoms with E-state index < -0.39 is 0 Å². The Labute approximate surface area is 111 Å². The minimum absolute atomic E-state index is 0.184. The lowest BCUT2D eigenvalue weighted by molar-refractivity contribution is -0.143. The predicted molar refractivity (Wildman–Crippen MR) is 73.5 cm³/mol. The predicted octanol–water partition coefficient (Wildman–Crippen LogP) is 0.929. The van der Waals surface area contributed by atoms with E-state index >= 15 is 0 Å². The molecule has 1 atom stereocenters. The molecule has 0 aliphatic carbocycles. The lowest BCUT2D eigenvalue weighted by Crippen LogP contribution is -2.53. The van der Waals surface area contributed by atoms with Gasteiger partial charge in [0.15, 0.2) is 0 Å². The van der Waals surface area contributed by atoms with Gasteiger partial charge in [0.05, 0.1) is 5.41 Å². The highest BCUT2D eigenvalue weighted by molar-refractivity contribution is 5.82.